The van der Waals surface area contributed by atoms with Gasteiger partial charge in [0.15, 0.2) is 0 Å². The maximum absolute atomic E-state index is 10.1. The Kier molecular flexibility index (Phi) is 3.37. The molecule has 1 aliphatic heterocycles. The van der Waals surface area contributed by atoms with Crippen molar-refractivity contribution in [2.45, 2.75) is 12.0 Å². The highest BCUT2D eigenvalue weighted by molar-refractivity contribution is 9.10. The molecule has 4 nitrogen and oxygen atoms in total. The van der Waals surface area contributed by atoms with E-state index in [2.05, 4.69) is 21.2 Å². The van der Waals surface area contributed by atoms with Gasteiger partial charge in [0, 0.05) is 24.0 Å². The van der Waals surface area contributed by atoms with Crippen molar-refractivity contribution in [2.75, 3.05) is 30.8 Å². The van der Waals surface area contributed by atoms with Crippen LogP contribution in [-0.4, -0.2) is 30.5 Å². The summed E-state index contributed by atoms with van der Waals surface area (Å²) in [4.78, 5) is 0. The van der Waals surface area contributed by atoms with E-state index in [0.29, 0.717) is 31.9 Å². The molecule has 1 heterocycles. The Balaban J connectivity index is 2.01. The summed E-state index contributed by atoms with van der Waals surface area (Å²) in [5.74, 6) is 0. The lowest BCUT2D eigenvalue weighted by Gasteiger charge is -2.22. The number of benzene rings is 1. The predicted molar refractivity (Wildman–Crippen MR) is 67.4 cm³/mol. The minimum absolute atomic E-state index is 0.383. The third kappa shape index (κ3) is 2.66. The van der Waals surface area contributed by atoms with Crippen LogP contribution in [0.25, 0.3) is 0 Å². The molecule has 1 atom stereocenters. The summed E-state index contributed by atoms with van der Waals surface area (Å²) in [6.45, 7) is 1.45. The summed E-state index contributed by atoms with van der Waals surface area (Å²) in [5, 5.41) is 13.2. The lowest BCUT2D eigenvalue weighted by atomic mass is 10.0. The third-order valence-electron chi connectivity index (χ3n) is 2.71. The van der Waals surface area contributed by atoms with E-state index in [0.717, 1.165) is 10.2 Å². The van der Waals surface area contributed by atoms with Crippen molar-refractivity contribution >= 4 is 27.3 Å². The minimum atomic E-state index is -0.769. The van der Waals surface area contributed by atoms with Crippen molar-refractivity contribution in [3.8, 4) is 0 Å². The summed E-state index contributed by atoms with van der Waals surface area (Å²) in [5.41, 5.74) is 6.55. The Bertz CT molecular complexity index is 378. The second-order valence-electron chi connectivity index (χ2n) is 4.11. The van der Waals surface area contributed by atoms with E-state index in [1.807, 2.05) is 18.2 Å². The first-order valence-electron chi connectivity index (χ1n) is 5.18. The fourth-order valence-electron chi connectivity index (χ4n) is 1.68. The molecule has 88 valence electrons. The molecule has 1 aliphatic rings. The highest BCUT2D eigenvalue weighted by Crippen LogP contribution is 2.25. The maximum Gasteiger partial charge on any atom is 0.107 e. The van der Waals surface area contributed by atoms with Gasteiger partial charge in [-0.1, -0.05) is 15.9 Å². The summed E-state index contributed by atoms with van der Waals surface area (Å²) in [7, 11) is 0. The molecule has 5 heteroatoms. The van der Waals surface area contributed by atoms with E-state index >= 15 is 0 Å². The van der Waals surface area contributed by atoms with Crippen molar-refractivity contribution in [3.63, 3.8) is 0 Å². The summed E-state index contributed by atoms with van der Waals surface area (Å²) in [6.07, 6.45) is 0.661. The summed E-state index contributed by atoms with van der Waals surface area (Å²) >= 11 is 3.38. The molecule has 0 aromatic heterocycles. The smallest absolute Gasteiger partial charge is 0.107 e. The van der Waals surface area contributed by atoms with Crippen LogP contribution >= 0.6 is 15.9 Å². The molecule has 1 saturated heterocycles. The number of hydrogen-bond acceptors (Lipinski definition) is 4. The molecular formula is C11H15BrN2O2. The monoisotopic (exact) mass is 286 g/mol. The normalized spacial score (nSPS) is 24.6. The number of rotatable bonds is 3. The number of anilines is 2. The molecule has 1 fully saturated rings. The standard InChI is InChI=1S/C11H15BrN2O2/c12-8-1-2-9(13)10(5-8)14-6-11(15)3-4-16-7-11/h1-2,5,14-15H,3-4,6-7,13H2. The lowest BCUT2D eigenvalue weighted by molar-refractivity contribution is 0.0382. The van der Waals surface area contributed by atoms with E-state index in [1.54, 1.807) is 0 Å². The quantitative estimate of drug-likeness (QED) is 0.739. The van der Waals surface area contributed by atoms with Crippen LogP contribution in [0.1, 0.15) is 6.42 Å². The Morgan fingerprint density at radius 1 is 1.56 bits per heavy atom. The molecule has 0 amide bonds. The van der Waals surface area contributed by atoms with Gasteiger partial charge in [0.05, 0.1) is 18.0 Å². The van der Waals surface area contributed by atoms with Gasteiger partial charge in [0.1, 0.15) is 5.60 Å². The van der Waals surface area contributed by atoms with Crippen LogP contribution in [0, 0.1) is 0 Å². The zero-order valence-corrected chi connectivity index (χ0v) is 10.5. The maximum atomic E-state index is 10.1. The molecule has 0 radical (unpaired) electrons. The van der Waals surface area contributed by atoms with Crippen LogP contribution in [-0.2, 0) is 4.74 Å². The molecular weight excluding hydrogens is 272 g/mol. The number of nitrogens with two attached hydrogens (primary N) is 1. The highest BCUT2D eigenvalue weighted by atomic mass is 79.9. The van der Waals surface area contributed by atoms with E-state index in [-0.39, 0.29) is 0 Å². The number of halogens is 1. The van der Waals surface area contributed by atoms with Crippen LogP contribution in [0.15, 0.2) is 22.7 Å². The Morgan fingerprint density at radius 3 is 3.06 bits per heavy atom. The van der Waals surface area contributed by atoms with Crippen molar-refractivity contribution in [1.82, 2.24) is 0 Å². The molecule has 0 bridgehead atoms. The van der Waals surface area contributed by atoms with E-state index in [9.17, 15) is 5.11 Å². The molecule has 1 aromatic carbocycles. The van der Waals surface area contributed by atoms with Crippen LogP contribution in [0.4, 0.5) is 11.4 Å². The zero-order chi connectivity index (χ0) is 11.6. The van der Waals surface area contributed by atoms with Gasteiger partial charge >= 0.3 is 0 Å². The Morgan fingerprint density at radius 2 is 2.38 bits per heavy atom. The predicted octanol–water partition coefficient (Wildman–Crippen LogP) is 1.59. The van der Waals surface area contributed by atoms with Gasteiger partial charge in [-0.05, 0) is 18.2 Å². The first kappa shape index (κ1) is 11.7. The highest BCUT2D eigenvalue weighted by Gasteiger charge is 2.31. The lowest BCUT2D eigenvalue weighted by Crippen LogP contribution is -2.37. The van der Waals surface area contributed by atoms with Gasteiger partial charge in [-0.15, -0.1) is 0 Å². The zero-order valence-electron chi connectivity index (χ0n) is 8.87. The molecule has 16 heavy (non-hydrogen) atoms. The molecule has 0 spiro atoms. The van der Waals surface area contributed by atoms with Gasteiger partial charge < -0.3 is 20.9 Å². The second kappa shape index (κ2) is 4.61. The number of nitrogen functional groups attached to an aromatic ring is 1. The average molecular weight is 287 g/mol. The number of hydrogen-bond donors (Lipinski definition) is 3. The minimum Gasteiger partial charge on any atom is -0.397 e. The summed E-state index contributed by atoms with van der Waals surface area (Å²) in [6, 6.07) is 5.60. The number of nitrogens with one attached hydrogen (secondary N) is 1. The van der Waals surface area contributed by atoms with Gasteiger partial charge in [0.25, 0.3) is 0 Å². The van der Waals surface area contributed by atoms with Gasteiger partial charge in [-0.25, -0.2) is 0 Å². The van der Waals surface area contributed by atoms with Crippen molar-refractivity contribution in [1.29, 1.82) is 0 Å². The number of ether oxygens (including phenoxy) is 1. The van der Waals surface area contributed by atoms with Crippen molar-refractivity contribution in [3.05, 3.63) is 22.7 Å². The summed E-state index contributed by atoms with van der Waals surface area (Å²) < 4.78 is 6.13. The molecule has 4 N–H and O–H groups in total. The topological polar surface area (TPSA) is 67.5 Å². The largest absolute Gasteiger partial charge is 0.397 e. The fourth-order valence-corrected chi connectivity index (χ4v) is 2.04. The van der Waals surface area contributed by atoms with Gasteiger partial charge in [-0.2, -0.15) is 0 Å². The van der Waals surface area contributed by atoms with Crippen molar-refractivity contribution < 1.29 is 9.84 Å². The third-order valence-corrected chi connectivity index (χ3v) is 3.20. The molecule has 2 rings (SSSR count). The Hall–Kier alpha value is -0.780. The molecule has 0 aliphatic carbocycles. The van der Waals surface area contributed by atoms with Crippen LogP contribution < -0.4 is 11.1 Å². The van der Waals surface area contributed by atoms with Gasteiger partial charge in [0.2, 0.25) is 0 Å². The van der Waals surface area contributed by atoms with E-state index < -0.39 is 5.60 Å². The second-order valence-corrected chi connectivity index (χ2v) is 5.03. The van der Waals surface area contributed by atoms with E-state index in [4.69, 9.17) is 10.5 Å². The first-order chi connectivity index (χ1) is 7.59. The molecule has 0 saturated carbocycles. The fraction of sp³-hybridized carbons (Fsp3) is 0.455. The van der Waals surface area contributed by atoms with Gasteiger partial charge in [-0.3, -0.25) is 0 Å². The first-order valence-corrected chi connectivity index (χ1v) is 5.97. The molecule has 1 unspecified atom stereocenters. The van der Waals surface area contributed by atoms with Crippen LogP contribution in [0.2, 0.25) is 0 Å². The SMILES string of the molecule is Nc1ccc(Br)cc1NCC1(O)CCOC1. The van der Waals surface area contributed by atoms with E-state index in [1.165, 1.54) is 0 Å². The number of aliphatic hydroxyl groups is 1. The van der Waals surface area contributed by atoms with Crippen LogP contribution in [0.3, 0.4) is 0 Å². The molecule has 1 aromatic rings. The van der Waals surface area contributed by atoms with Crippen molar-refractivity contribution in [2.24, 2.45) is 0 Å². The van der Waals surface area contributed by atoms with Crippen LogP contribution in [0.5, 0.6) is 0 Å². The average Bonchev–Trinajstić information content (AvgIpc) is 2.67. The Labute approximate surface area is 103 Å².